The van der Waals surface area contributed by atoms with Crippen molar-refractivity contribution < 1.29 is 46.9 Å². The van der Waals surface area contributed by atoms with Gasteiger partial charge in [-0.2, -0.15) is 28.1 Å². The van der Waals surface area contributed by atoms with Gasteiger partial charge < -0.3 is 35.8 Å². The van der Waals surface area contributed by atoms with Crippen molar-refractivity contribution in [1.29, 1.82) is 0 Å². The normalized spacial score (nSPS) is 13.6. The number of hydrogen-bond acceptors (Lipinski definition) is 12. The van der Waals surface area contributed by atoms with Gasteiger partial charge in [0.1, 0.15) is 11.8 Å². The van der Waals surface area contributed by atoms with E-state index in [1.165, 1.54) is 48.5 Å². The fraction of sp³-hybridized carbons (Fsp3) is 0.286. The van der Waals surface area contributed by atoms with E-state index in [1.807, 2.05) is 12.1 Å². The Labute approximate surface area is 305 Å². The van der Waals surface area contributed by atoms with E-state index < -0.39 is 53.9 Å². The van der Waals surface area contributed by atoms with E-state index in [0.717, 1.165) is 12.7 Å². The summed E-state index contributed by atoms with van der Waals surface area (Å²) in [5.41, 5.74) is 1.33. The van der Waals surface area contributed by atoms with Crippen LogP contribution in [-0.4, -0.2) is 76.1 Å². The molecule has 0 spiro atoms. The standard InChI is InChI=1S/C35H33ClF3N7O7/c1-52-30(51)26(14-17-40-29(50)27(48)18-20-2-12-25(47)13-3-20)42-28(49)21-4-10-24(11-5-21)41-31-43-32(45-33(44-31)53-19-35(37,38)39)46-34(15-16-34)22-6-8-23(36)9-7-22/h2-13,26,47H,14-19H2,1H3,(H,40,50)(H,42,49)(H2,41,43,44,45,46)/t26-/m0/s1. The number of phenols is 1. The maximum absolute atomic E-state index is 13.0. The molecule has 1 atom stereocenters. The monoisotopic (exact) mass is 755 g/mol. The third kappa shape index (κ3) is 11.0. The molecule has 1 heterocycles. The van der Waals surface area contributed by atoms with Crippen LogP contribution >= 0.6 is 11.6 Å². The number of aromatic nitrogens is 3. The van der Waals surface area contributed by atoms with Crippen molar-refractivity contribution in [1.82, 2.24) is 25.6 Å². The fourth-order valence-electron chi connectivity index (χ4n) is 5.05. The van der Waals surface area contributed by atoms with Gasteiger partial charge in [0, 0.05) is 29.2 Å². The Morgan fingerprint density at radius 3 is 2.21 bits per heavy atom. The number of amides is 2. The molecule has 4 aromatic rings. The van der Waals surface area contributed by atoms with Gasteiger partial charge in [-0.3, -0.25) is 14.4 Å². The van der Waals surface area contributed by atoms with Crippen molar-refractivity contribution in [2.24, 2.45) is 0 Å². The molecule has 0 bridgehead atoms. The van der Waals surface area contributed by atoms with Crippen LogP contribution in [0.5, 0.6) is 11.8 Å². The van der Waals surface area contributed by atoms with Crippen molar-refractivity contribution in [3.05, 3.63) is 94.5 Å². The second-order valence-electron chi connectivity index (χ2n) is 11.9. The van der Waals surface area contributed by atoms with Crippen molar-refractivity contribution in [3.63, 3.8) is 0 Å². The summed E-state index contributed by atoms with van der Waals surface area (Å²) >= 11 is 6.02. The maximum Gasteiger partial charge on any atom is 0.422 e. The van der Waals surface area contributed by atoms with E-state index in [-0.39, 0.29) is 42.6 Å². The molecular weight excluding hydrogens is 723 g/mol. The van der Waals surface area contributed by atoms with Crippen molar-refractivity contribution in [2.45, 2.75) is 43.4 Å². The zero-order chi connectivity index (χ0) is 38.2. The van der Waals surface area contributed by atoms with Gasteiger partial charge in [0.25, 0.3) is 11.8 Å². The molecule has 5 N–H and O–H groups in total. The number of nitrogens with zero attached hydrogens (tertiary/aromatic N) is 3. The van der Waals surface area contributed by atoms with Gasteiger partial charge in [0.05, 0.1) is 12.6 Å². The summed E-state index contributed by atoms with van der Waals surface area (Å²) in [4.78, 5) is 62.3. The minimum atomic E-state index is -4.64. The van der Waals surface area contributed by atoms with Crippen molar-refractivity contribution in [3.8, 4) is 11.8 Å². The van der Waals surface area contributed by atoms with E-state index in [4.69, 9.17) is 21.1 Å². The van der Waals surface area contributed by atoms with Crippen LogP contribution < -0.4 is 26.0 Å². The largest absolute Gasteiger partial charge is 0.508 e. The molecule has 1 aromatic heterocycles. The molecule has 278 valence electrons. The molecule has 3 aromatic carbocycles. The summed E-state index contributed by atoms with van der Waals surface area (Å²) in [5, 5.41) is 20.9. The number of carbonyl (C=O) groups excluding carboxylic acids is 4. The number of Topliss-reactive ketones (excluding diaryl/α,β-unsaturated/α-hetero) is 1. The van der Waals surface area contributed by atoms with E-state index in [0.29, 0.717) is 29.1 Å². The molecular formula is C35H33ClF3N7O7. The highest BCUT2D eigenvalue weighted by atomic mass is 35.5. The topological polar surface area (TPSA) is 194 Å². The second kappa shape index (κ2) is 16.6. The fourth-order valence-corrected chi connectivity index (χ4v) is 5.17. The maximum atomic E-state index is 13.0. The average Bonchev–Trinajstić information content (AvgIpc) is 3.91. The molecule has 14 nitrogen and oxygen atoms in total. The number of methoxy groups -OCH3 is 1. The Morgan fingerprint density at radius 1 is 0.925 bits per heavy atom. The van der Waals surface area contributed by atoms with Gasteiger partial charge >= 0.3 is 18.2 Å². The van der Waals surface area contributed by atoms with Crippen LogP contribution in [0.15, 0.2) is 72.8 Å². The summed E-state index contributed by atoms with van der Waals surface area (Å²) in [6, 6.07) is 16.9. The highest BCUT2D eigenvalue weighted by Crippen LogP contribution is 2.48. The lowest BCUT2D eigenvalue weighted by Gasteiger charge is -2.19. The van der Waals surface area contributed by atoms with Crippen LogP contribution in [0.1, 0.15) is 40.7 Å². The number of ether oxygens (including phenoxy) is 2. The minimum absolute atomic E-state index is 0.0172. The Kier molecular flexibility index (Phi) is 12.0. The van der Waals surface area contributed by atoms with Gasteiger partial charge in [-0.05, 0) is 78.9 Å². The van der Waals surface area contributed by atoms with Gasteiger partial charge in [0.2, 0.25) is 17.7 Å². The van der Waals surface area contributed by atoms with E-state index >= 15 is 0 Å². The first-order valence-electron chi connectivity index (χ1n) is 16.1. The predicted octanol–water partition coefficient (Wildman–Crippen LogP) is 4.61. The molecule has 18 heteroatoms. The predicted molar refractivity (Wildman–Crippen MR) is 185 cm³/mol. The van der Waals surface area contributed by atoms with Crippen LogP contribution in [-0.2, 0) is 31.1 Å². The molecule has 5 rings (SSSR count). The minimum Gasteiger partial charge on any atom is -0.508 e. The van der Waals surface area contributed by atoms with Gasteiger partial charge in [0.15, 0.2) is 6.61 Å². The SMILES string of the molecule is COC(=O)[C@H](CCNC(=O)C(=O)Cc1ccc(O)cc1)NC(=O)c1ccc(Nc2nc(NC3(c4ccc(Cl)cc4)CC3)nc(OCC(F)(F)F)n2)cc1. The number of halogens is 4. The van der Waals surface area contributed by atoms with Gasteiger partial charge in [-0.15, -0.1) is 0 Å². The van der Waals surface area contributed by atoms with Crippen LogP contribution in [0.25, 0.3) is 0 Å². The van der Waals surface area contributed by atoms with Crippen LogP contribution in [0.3, 0.4) is 0 Å². The summed E-state index contributed by atoms with van der Waals surface area (Å²) in [6.07, 6.45) is -3.51. The molecule has 1 fully saturated rings. The number of carbonyl (C=O) groups is 4. The summed E-state index contributed by atoms with van der Waals surface area (Å²) < 4.78 is 48.4. The Hall–Kier alpha value is -5.97. The van der Waals surface area contributed by atoms with E-state index in [2.05, 4.69) is 36.2 Å². The molecule has 0 saturated heterocycles. The molecule has 1 saturated carbocycles. The molecule has 53 heavy (non-hydrogen) atoms. The number of anilines is 3. The van der Waals surface area contributed by atoms with Crippen LogP contribution in [0.4, 0.5) is 30.8 Å². The van der Waals surface area contributed by atoms with Crippen LogP contribution in [0, 0.1) is 0 Å². The lowest BCUT2D eigenvalue weighted by molar-refractivity contribution is -0.154. The van der Waals surface area contributed by atoms with Gasteiger partial charge in [-0.25, -0.2) is 4.79 Å². The summed E-state index contributed by atoms with van der Waals surface area (Å²) in [6.45, 7) is -1.76. The number of aromatic hydroxyl groups is 1. The highest BCUT2D eigenvalue weighted by Gasteiger charge is 2.45. The number of rotatable bonds is 16. The molecule has 0 aliphatic heterocycles. The molecule has 2 amide bonds. The smallest absolute Gasteiger partial charge is 0.422 e. The summed E-state index contributed by atoms with van der Waals surface area (Å²) in [5.74, 6) is -3.22. The highest BCUT2D eigenvalue weighted by molar-refractivity contribution is 6.36. The Morgan fingerprint density at radius 2 is 1.58 bits per heavy atom. The third-order valence-electron chi connectivity index (χ3n) is 7.94. The Bertz CT molecular complexity index is 1940. The number of ketones is 1. The second-order valence-corrected chi connectivity index (χ2v) is 12.4. The van der Waals surface area contributed by atoms with Crippen molar-refractivity contribution >= 4 is 52.8 Å². The molecule has 1 aliphatic carbocycles. The summed E-state index contributed by atoms with van der Waals surface area (Å²) in [7, 11) is 1.13. The van der Waals surface area contributed by atoms with E-state index in [9.17, 15) is 37.5 Å². The molecule has 0 radical (unpaired) electrons. The number of nitrogens with one attached hydrogen (secondary N) is 4. The van der Waals surface area contributed by atoms with Crippen LogP contribution in [0.2, 0.25) is 5.02 Å². The zero-order valence-electron chi connectivity index (χ0n) is 28.0. The molecule has 0 unspecified atom stereocenters. The number of benzene rings is 3. The van der Waals surface area contributed by atoms with Crippen molar-refractivity contribution in [2.75, 3.05) is 30.9 Å². The number of esters is 1. The number of alkyl halides is 3. The van der Waals surface area contributed by atoms with Gasteiger partial charge in [-0.1, -0.05) is 35.9 Å². The first kappa shape index (κ1) is 38.3. The first-order chi connectivity index (χ1) is 25.2. The van der Waals surface area contributed by atoms with E-state index in [1.54, 1.807) is 12.1 Å². The lowest BCUT2D eigenvalue weighted by Crippen LogP contribution is -2.44. The Balaban J connectivity index is 1.21. The lowest BCUT2D eigenvalue weighted by atomic mass is 10.1. The zero-order valence-corrected chi connectivity index (χ0v) is 28.8. The number of phenolic OH excluding ortho intramolecular Hbond substituents is 1. The molecule has 1 aliphatic rings. The third-order valence-corrected chi connectivity index (χ3v) is 8.20. The quantitative estimate of drug-likeness (QED) is 0.0789. The number of hydrogen-bond donors (Lipinski definition) is 5. The average molecular weight is 756 g/mol. The first-order valence-corrected chi connectivity index (χ1v) is 16.4.